The number of hydrogen-bond donors (Lipinski definition) is 1. The standard InChI is InChI=1S/C17H24FN/c1-13-4-5-14(18)12-16(13)19-15-6-10-17(11-7-15)8-2-3-9-17/h4-5,12,15,19H,2-3,6-11H2,1H3. The molecule has 3 rings (SSSR count). The van der Waals surface area contributed by atoms with Crippen LogP contribution in [0.15, 0.2) is 18.2 Å². The van der Waals surface area contributed by atoms with Gasteiger partial charge in [0.05, 0.1) is 0 Å². The van der Waals surface area contributed by atoms with Gasteiger partial charge in [-0.1, -0.05) is 18.9 Å². The maximum atomic E-state index is 13.3. The fourth-order valence-electron chi connectivity index (χ4n) is 3.97. The van der Waals surface area contributed by atoms with Crippen LogP contribution in [0.2, 0.25) is 0 Å². The van der Waals surface area contributed by atoms with Crippen molar-refractivity contribution in [2.45, 2.75) is 64.3 Å². The quantitative estimate of drug-likeness (QED) is 0.785. The largest absolute Gasteiger partial charge is 0.382 e. The Morgan fingerprint density at radius 2 is 1.79 bits per heavy atom. The van der Waals surface area contributed by atoms with Crippen LogP contribution >= 0.6 is 0 Å². The Morgan fingerprint density at radius 1 is 1.11 bits per heavy atom. The van der Waals surface area contributed by atoms with Crippen molar-refractivity contribution in [3.05, 3.63) is 29.6 Å². The Labute approximate surface area is 115 Å². The summed E-state index contributed by atoms with van der Waals surface area (Å²) in [4.78, 5) is 0. The van der Waals surface area contributed by atoms with E-state index in [-0.39, 0.29) is 5.82 Å². The number of anilines is 1. The van der Waals surface area contributed by atoms with E-state index in [0.29, 0.717) is 11.5 Å². The lowest BCUT2D eigenvalue weighted by molar-refractivity contribution is 0.188. The first-order valence-corrected chi connectivity index (χ1v) is 7.70. The van der Waals surface area contributed by atoms with Crippen molar-refractivity contribution in [1.29, 1.82) is 0 Å². The molecular weight excluding hydrogens is 237 g/mol. The van der Waals surface area contributed by atoms with Crippen LogP contribution in [0.25, 0.3) is 0 Å². The number of benzene rings is 1. The highest BCUT2D eigenvalue weighted by Gasteiger charge is 2.37. The average Bonchev–Trinajstić information content (AvgIpc) is 2.85. The van der Waals surface area contributed by atoms with Gasteiger partial charge in [-0.05, 0) is 68.6 Å². The third kappa shape index (κ3) is 2.77. The van der Waals surface area contributed by atoms with E-state index in [0.717, 1.165) is 11.3 Å². The van der Waals surface area contributed by atoms with Crippen LogP contribution in [0.5, 0.6) is 0 Å². The molecule has 1 nitrogen and oxygen atoms in total. The zero-order valence-corrected chi connectivity index (χ0v) is 11.8. The van der Waals surface area contributed by atoms with Gasteiger partial charge in [-0.25, -0.2) is 4.39 Å². The van der Waals surface area contributed by atoms with E-state index in [9.17, 15) is 4.39 Å². The molecular formula is C17H24FN. The maximum Gasteiger partial charge on any atom is 0.125 e. The SMILES string of the molecule is Cc1ccc(F)cc1NC1CCC2(CCCC2)CC1. The highest BCUT2D eigenvalue weighted by molar-refractivity contribution is 5.51. The van der Waals surface area contributed by atoms with Crippen molar-refractivity contribution in [2.24, 2.45) is 5.41 Å². The van der Waals surface area contributed by atoms with Crippen LogP contribution < -0.4 is 5.32 Å². The molecule has 0 saturated heterocycles. The Kier molecular flexibility index (Phi) is 3.51. The second-order valence-corrected chi connectivity index (χ2v) is 6.58. The highest BCUT2D eigenvalue weighted by Crippen LogP contribution is 2.49. The molecule has 2 heteroatoms. The lowest BCUT2D eigenvalue weighted by Crippen LogP contribution is -2.31. The Morgan fingerprint density at radius 3 is 2.47 bits per heavy atom. The van der Waals surface area contributed by atoms with Gasteiger partial charge in [-0.15, -0.1) is 0 Å². The maximum absolute atomic E-state index is 13.3. The van der Waals surface area contributed by atoms with Gasteiger partial charge < -0.3 is 5.32 Å². The van der Waals surface area contributed by atoms with E-state index in [1.54, 1.807) is 6.07 Å². The predicted molar refractivity (Wildman–Crippen MR) is 77.9 cm³/mol. The fourth-order valence-corrected chi connectivity index (χ4v) is 3.97. The van der Waals surface area contributed by atoms with Gasteiger partial charge in [0.15, 0.2) is 0 Å². The van der Waals surface area contributed by atoms with E-state index in [2.05, 4.69) is 5.32 Å². The Balaban J connectivity index is 1.61. The molecule has 0 unspecified atom stereocenters. The zero-order chi connectivity index (χ0) is 13.3. The van der Waals surface area contributed by atoms with Crippen LogP contribution in [-0.2, 0) is 0 Å². The van der Waals surface area contributed by atoms with Crippen LogP contribution in [0.3, 0.4) is 0 Å². The molecule has 2 aliphatic carbocycles. The van der Waals surface area contributed by atoms with Crippen LogP contribution in [0.1, 0.15) is 56.9 Å². The van der Waals surface area contributed by atoms with Crippen molar-refractivity contribution in [3.63, 3.8) is 0 Å². The summed E-state index contributed by atoms with van der Waals surface area (Å²) in [6.07, 6.45) is 11.0. The molecule has 1 spiro atoms. The third-order valence-corrected chi connectivity index (χ3v) is 5.27. The normalized spacial score (nSPS) is 22.8. The summed E-state index contributed by atoms with van der Waals surface area (Å²) >= 11 is 0. The number of hydrogen-bond acceptors (Lipinski definition) is 1. The minimum atomic E-state index is -0.142. The van der Waals surface area contributed by atoms with E-state index < -0.39 is 0 Å². The Bertz CT molecular complexity index is 439. The van der Waals surface area contributed by atoms with Crippen molar-refractivity contribution >= 4 is 5.69 Å². The van der Waals surface area contributed by atoms with Gasteiger partial charge in [-0.3, -0.25) is 0 Å². The lowest BCUT2D eigenvalue weighted by Gasteiger charge is -2.38. The van der Waals surface area contributed by atoms with Gasteiger partial charge in [0, 0.05) is 11.7 Å². The monoisotopic (exact) mass is 261 g/mol. The summed E-state index contributed by atoms with van der Waals surface area (Å²) in [5, 5.41) is 3.56. The lowest BCUT2D eigenvalue weighted by atomic mass is 9.71. The molecule has 0 heterocycles. The first-order chi connectivity index (χ1) is 9.17. The Hall–Kier alpha value is -1.05. The molecule has 0 atom stereocenters. The molecule has 0 radical (unpaired) electrons. The van der Waals surface area contributed by atoms with Gasteiger partial charge in [0.1, 0.15) is 5.82 Å². The van der Waals surface area contributed by atoms with Crippen molar-refractivity contribution in [3.8, 4) is 0 Å². The summed E-state index contributed by atoms with van der Waals surface area (Å²) in [5.41, 5.74) is 2.80. The summed E-state index contributed by atoms with van der Waals surface area (Å²) in [5.74, 6) is -0.142. The van der Waals surface area contributed by atoms with Gasteiger partial charge >= 0.3 is 0 Å². The molecule has 0 aliphatic heterocycles. The van der Waals surface area contributed by atoms with E-state index in [4.69, 9.17) is 0 Å². The minimum Gasteiger partial charge on any atom is -0.382 e. The molecule has 19 heavy (non-hydrogen) atoms. The van der Waals surface area contributed by atoms with Crippen LogP contribution in [0.4, 0.5) is 10.1 Å². The molecule has 2 fully saturated rings. The molecule has 0 aromatic heterocycles. The first kappa shape index (κ1) is 13.0. The van der Waals surface area contributed by atoms with Gasteiger partial charge in [-0.2, -0.15) is 0 Å². The summed E-state index contributed by atoms with van der Waals surface area (Å²) < 4.78 is 13.3. The van der Waals surface area contributed by atoms with Gasteiger partial charge in [0.2, 0.25) is 0 Å². The highest BCUT2D eigenvalue weighted by atomic mass is 19.1. The number of nitrogens with one attached hydrogen (secondary N) is 1. The number of aryl methyl sites for hydroxylation is 1. The fraction of sp³-hybridized carbons (Fsp3) is 0.647. The molecule has 2 aliphatic rings. The number of rotatable bonds is 2. The summed E-state index contributed by atoms with van der Waals surface area (Å²) in [6.45, 7) is 2.04. The molecule has 1 N–H and O–H groups in total. The smallest absolute Gasteiger partial charge is 0.125 e. The molecule has 0 amide bonds. The molecule has 2 saturated carbocycles. The topological polar surface area (TPSA) is 12.0 Å². The van der Waals surface area contributed by atoms with E-state index in [1.165, 1.54) is 57.4 Å². The first-order valence-electron chi connectivity index (χ1n) is 7.70. The average molecular weight is 261 g/mol. The zero-order valence-electron chi connectivity index (χ0n) is 11.8. The summed E-state index contributed by atoms with van der Waals surface area (Å²) in [7, 11) is 0. The third-order valence-electron chi connectivity index (χ3n) is 5.27. The van der Waals surface area contributed by atoms with Crippen molar-refractivity contribution in [2.75, 3.05) is 5.32 Å². The predicted octanol–water partition coefficient (Wildman–Crippen LogP) is 5.05. The second kappa shape index (κ2) is 5.15. The second-order valence-electron chi connectivity index (χ2n) is 6.58. The van der Waals surface area contributed by atoms with Gasteiger partial charge in [0.25, 0.3) is 0 Å². The molecule has 1 aromatic rings. The molecule has 0 bridgehead atoms. The van der Waals surface area contributed by atoms with Crippen molar-refractivity contribution < 1.29 is 4.39 Å². The number of halogens is 1. The van der Waals surface area contributed by atoms with Crippen LogP contribution in [-0.4, -0.2) is 6.04 Å². The van der Waals surface area contributed by atoms with E-state index in [1.807, 2.05) is 13.0 Å². The molecule has 1 aromatic carbocycles. The molecule has 104 valence electrons. The van der Waals surface area contributed by atoms with E-state index >= 15 is 0 Å². The summed E-state index contributed by atoms with van der Waals surface area (Å²) in [6, 6.07) is 5.56. The minimum absolute atomic E-state index is 0.142. The van der Waals surface area contributed by atoms with Crippen molar-refractivity contribution in [1.82, 2.24) is 0 Å². The van der Waals surface area contributed by atoms with Crippen LogP contribution in [0, 0.1) is 18.2 Å².